The highest BCUT2D eigenvalue weighted by molar-refractivity contribution is 5.96. The van der Waals surface area contributed by atoms with E-state index in [9.17, 15) is 23.1 Å². The number of hydrogen-bond acceptors (Lipinski definition) is 5. The molecule has 1 heterocycles. The summed E-state index contributed by atoms with van der Waals surface area (Å²) in [5.41, 5.74) is 1.85. The monoisotopic (exact) mass is 519 g/mol. The molecule has 1 fully saturated rings. The topological polar surface area (TPSA) is 85.6 Å². The van der Waals surface area contributed by atoms with Crippen molar-refractivity contribution in [2.75, 3.05) is 5.32 Å². The molecule has 0 amide bonds. The number of anilines is 2. The number of fused-ring (bicyclic) bond motifs is 1. The number of nitrogens with one attached hydrogen (secondary N) is 1. The third kappa shape index (κ3) is 6.29. The highest BCUT2D eigenvalue weighted by Crippen LogP contribution is 2.46. The summed E-state index contributed by atoms with van der Waals surface area (Å²) in [6.07, 6.45) is -2.12. The number of halogens is 3. The molecule has 7 nitrogen and oxygen atoms in total. The lowest BCUT2D eigenvalue weighted by Crippen LogP contribution is -2.29. The van der Waals surface area contributed by atoms with Gasteiger partial charge >= 0.3 is 12.3 Å². The summed E-state index contributed by atoms with van der Waals surface area (Å²) in [6.45, 7) is 10.3. The van der Waals surface area contributed by atoms with Gasteiger partial charge in [-0.05, 0) is 74.8 Å². The molecule has 200 valence electrons. The first-order valence-corrected chi connectivity index (χ1v) is 12.3. The van der Waals surface area contributed by atoms with Gasteiger partial charge in [0, 0.05) is 17.8 Å². The van der Waals surface area contributed by atoms with E-state index in [0.29, 0.717) is 23.1 Å². The van der Waals surface area contributed by atoms with Crippen molar-refractivity contribution >= 4 is 28.6 Å². The van der Waals surface area contributed by atoms with Crippen LogP contribution in [0.3, 0.4) is 0 Å². The molecule has 1 saturated carbocycles. The highest BCUT2D eigenvalue weighted by Gasteiger charge is 2.35. The number of ether oxygens (including phenoxy) is 2. The van der Waals surface area contributed by atoms with Crippen molar-refractivity contribution in [1.82, 2.24) is 9.55 Å². The van der Waals surface area contributed by atoms with E-state index in [-0.39, 0.29) is 34.6 Å². The molecular formula is C27H32F3N3O4. The molecule has 0 aliphatic heterocycles. The second kappa shape index (κ2) is 9.79. The van der Waals surface area contributed by atoms with Crippen LogP contribution in [-0.2, 0) is 0 Å². The predicted molar refractivity (Wildman–Crippen MR) is 135 cm³/mol. The van der Waals surface area contributed by atoms with Crippen molar-refractivity contribution < 1.29 is 32.5 Å². The summed E-state index contributed by atoms with van der Waals surface area (Å²) in [7, 11) is 0. The van der Waals surface area contributed by atoms with Crippen molar-refractivity contribution in [1.29, 1.82) is 0 Å². The Hall–Kier alpha value is -3.43. The molecule has 1 aromatic heterocycles. The molecule has 2 atom stereocenters. The lowest BCUT2D eigenvalue weighted by atomic mass is 9.70. The number of benzene rings is 2. The average Bonchev–Trinajstić information content (AvgIpc) is 3.08. The largest absolute Gasteiger partial charge is 0.573 e. The quantitative estimate of drug-likeness (QED) is 0.335. The fraction of sp³-hybridized carbons (Fsp3) is 0.481. The van der Waals surface area contributed by atoms with Crippen molar-refractivity contribution in [2.45, 2.75) is 72.4 Å². The van der Waals surface area contributed by atoms with Crippen LogP contribution in [0.25, 0.3) is 11.0 Å². The Labute approximate surface area is 213 Å². The number of alkyl halides is 3. The van der Waals surface area contributed by atoms with Gasteiger partial charge in [0.2, 0.25) is 5.95 Å². The molecular weight excluding hydrogens is 487 g/mol. The Balaban J connectivity index is 1.81. The second-order valence-electron chi connectivity index (χ2n) is 10.9. The average molecular weight is 520 g/mol. The molecule has 0 saturated heterocycles. The number of carboxylic acid groups (broad SMARTS) is 1. The number of aromatic carboxylic acids is 1. The molecule has 1 aliphatic rings. The van der Waals surface area contributed by atoms with E-state index in [0.717, 1.165) is 24.8 Å². The zero-order chi connectivity index (χ0) is 27.1. The Kier molecular flexibility index (Phi) is 7.05. The summed E-state index contributed by atoms with van der Waals surface area (Å²) in [6, 6.07) is 8.72. The smallest absolute Gasteiger partial charge is 0.490 e. The first-order chi connectivity index (χ1) is 17.2. The zero-order valence-electron chi connectivity index (χ0n) is 21.5. The van der Waals surface area contributed by atoms with Crippen LogP contribution in [-0.4, -0.2) is 33.1 Å². The van der Waals surface area contributed by atoms with Crippen molar-refractivity contribution in [3.8, 4) is 11.5 Å². The van der Waals surface area contributed by atoms with Gasteiger partial charge in [0.1, 0.15) is 17.1 Å². The molecule has 3 aromatic rings. The second-order valence-corrected chi connectivity index (χ2v) is 10.9. The van der Waals surface area contributed by atoms with Crippen molar-refractivity contribution in [3.63, 3.8) is 0 Å². The summed E-state index contributed by atoms with van der Waals surface area (Å²) >= 11 is 0. The number of hydrogen-bond donors (Lipinski definition) is 2. The SMILES string of the molecule is CC(C)Oc1cc2c(cc1C(=O)O)nc(Nc1ccc(OC(F)(F)F)cc1)n2[C@@H]1C[C@H](C)CC(C)(C)C1. The first kappa shape index (κ1) is 26.6. The third-order valence-corrected chi connectivity index (χ3v) is 6.46. The van der Waals surface area contributed by atoms with E-state index in [1.807, 2.05) is 13.8 Å². The van der Waals surface area contributed by atoms with E-state index in [1.54, 1.807) is 6.07 Å². The fourth-order valence-corrected chi connectivity index (χ4v) is 5.46. The number of carbonyl (C=O) groups is 1. The molecule has 10 heteroatoms. The van der Waals surface area contributed by atoms with Gasteiger partial charge in [-0.1, -0.05) is 20.8 Å². The molecule has 1 aliphatic carbocycles. The molecule has 2 N–H and O–H groups in total. The molecule has 2 aromatic carbocycles. The van der Waals surface area contributed by atoms with E-state index in [1.165, 1.54) is 30.3 Å². The minimum absolute atomic E-state index is 0.0170. The summed E-state index contributed by atoms with van der Waals surface area (Å²) in [4.78, 5) is 16.7. The number of carboxylic acids is 1. The minimum atomic E-state index is -4.77. The Morgan fingerprint density at radius 1 is 1.19 bits per heavy atom. The molecule has 4 rings (SSSR count). The van der Waals surface area contributed by atoms with Crippen LogP contribution in [0.2, 0.25) is 0 Å². The molecule has 0 unspecified atom stereocenters. The van der Waals surface area contributed by atoms with Gasteiger partial charge in [0.05, 0.1) is 17.1 Å². The normalized spacial score (nSPS) is 19.7. The molecule has 0 spiro atoms. The Bertz CT molecular complexity index is 1280. The van der Waals surface area contributed by atoms with Crippen LogP contribution in [0.15, 0.2) is 36.4 Å². The zero-order valence-corrected chi connectivity index (χ0v) is 21.5. The fourth-order valence-electron chi connectivity index (χ4n) is 5.46. The summed E-state index contributed by atoms with van der Waals surface area (Å²) in [5.74, 6) is -0.236. The number of rotatable bonds is 7. The standard InChI is InChI=1S/C27H32F3N3O4/c1-15(2)36-23-12-22-21(11-20(23)24(34)35)32-25(33(22)18-10-16(3)13-26(4,5)14-18)31-17-6-8-19(9-7-17)37-27(28,29)30/h6-9,11-12,15-16,18H,10,13-14H2,1-5H3,(H,31,32)(H,34,35)/t16-,18+/m0/s1. The Morgan fingerprint density at radius 2 is 1.86 bits per heavy atom. The first-order valence-electron chi connectivity index (χ1n) is 12.3. The number of aromatic nitrogens is 2. The minimum Gasteiger partial charge on any atom is -0.490 e. The lowest BCUT2D eigenvalue weighted by Gasteiger charge is -2.40. The van der Waals surface area contributed by atoms with Gasteiger partial charge in [-0.25, -0.2) is 9.78 Å². The van der Waals surface area contributed by atoms with Crippen LogP contribution in [0.4, 0.5) is 24.8 Å². The summed E-state index contributed by atoms with van der Waals surface area (Å²) < 4.78 is 49.6. The van der Waals surface area contributed by atoms with Crippen LogP contribution >= 0.6 is 0 Å². The number of imidazole rings is 1. The molecule has 37 heavy (non-hydrogen) atoms. The van der Waals surface area contributed by atoms with E-state index in [4.69, 9.17) is 9.72 Å². The lowest BCUT2D eigenvalue weighted by molar-refractivity contribution is -0.274. The van der Waals surface area contributed by atoms with Gasteiger partial charge in [0.15, 0.2) is 0 Å². The third-order valence-electron chi connectivity index (χ3n) is 6.46. The maximum atomic E-state index is 12.6. The van der Waals surface area contributed by atoms with Gasteiger partial charge in [-0.3, -0.25) is 0 Å². The Morgan fingerprint density at radius 3 is 2.43 bits per heavy atom. The van der Waals surface area contributed by atoms with Crippen LogP contribution in [0.5, 0.6) is 11.5 Å². The van der Waals surface area contributed by atoms with E-state index in [2.05, 4.69) is 35.4 Å². The van der Waals surface area contributed by atoms with E-state index < -0.39 is 12.3 Å². The maximum absolute atomic E-state index is 12.6. The predicted octanol–water partition coefficient (Wildman–Crippen LogP) is 7.55. The van der Waals surface area contributed by atoms with Gasteiger partial charge in [0.25, 0.3) is 0 Å². The van der Waals surface area contributed by atoms with Gasteiger partial charge in [-0.2, -0.15) is 0 Å². The highest BCUT2D eigenvalue weighted by atomic mass is 19.4. The number of nitrogens with zero attached hydrogens (tertiary/aromatic N) is 2. The molecule has 0 radical (unpaired) electrons. The maximum Gasteiger partial charge on any atom is 0.573 e. The van der Waals surface area contributed by atoms with Crippen LogP contribution in [0.1, 0.15) is 70.3 Å². The van der Waals surface area contributed by atoms with Gasteiger partial charge in [-0.15, -0.1) is 13.2 Å². The van der Waals surface area contributed by atoms with Crippen LogP contribution < -0.4 is 14.8 Å². The van der Waals surface area contributed by atoms with Crippen LogP contribution in [0, 0.1) is 11.3 Å². The molecule has 0 bridgehead atoms. The summed E-state index contributed by atoms with van der Waals surface area (Å²) in [5, 5.41) is 13.0. The van der Waals surface area contributed by atoms with Crippen molar-refractivity contribution in [2.24, 2.45) is 11.3 Å². The van der Waals surface area contributed by atoms with Crippen molar-refractivity contribution in [3.05, 3.63) is 42.0 Å². The van der Waals surface area contributed by atoms with Gasteiger partial charge < -0.3 is 24.5 Å². The van der Waals surface area contributed by atoms with E-state index >= 15 is 0 Å².